The van der Waals surface area contributed by atoms with E-state index in [2.05, 4.69) is 4.72 Å². The summed E-state index contributed by atoms with van der Waals surface area (Å²) in [4.78, 5) is -0.101. The summed E-state index contributed by atoms with van der Waals surface area (Å²) in [6.45, 7) is 1.60. The molecule has 110 valence electrons. The normalized spacial score (nSPS) is 13.2. The van der Waals surface area contributed by atoms with Gasteiger partial charge in [-0.15, -0.1) is 0 Å². The van der Waals surface area contributed by atoms with E-state index in [0.29, 0.717) is 0 Å². The maximum absolute atomic E-state index is 12.2. The van der Waals surface area contributed by atoms with E-state index >= 15 is 0 Å². The summed E-state index contributed by atoms with van der Waals surface area (Å²) in [6.07, 6.45) is -0.720. The lowest BCUT2D eigenvalue weighted by atomic mass is 10.2. The average Bonchev–Trinajstić information content (AvgIpc) is 2.38. The summed E-state index contributed by atoms with van der Waals surface area (Å²) in [5, 5.41) is 8.71. The fraction of sp³-hybridized carbons (Fsp3) is 0.417. The Morgan fingerprint density at radius 2 is 1.95 bits per heavy atom. The van der Waals surface area contributed by atoms with Crippen LogP contribution in [0.1, 0.15) is 12.5 Å². The summed E-state index contributed by atoms with van der Waals surface area (Å²) in [6, 6.07) is 5.24. The molecule has 0 aromatic heterocycles. The summed E-state index contributed by atoms with van der Waals surface area (Å²) in [7, 11) is -1.01. The van der Waals surface area contributed by atoms with Gasteiger partial charge in [-0.05, 0) is 25.1 Å². The molecule has 1 unspecified atom stereocenters. The average molecular weight is 319 g/mol. The minimum atomic E-state index is -3.83. The van der Waals surface area contributed by atoms with Crippen molar-refractivity contribution in [2.24, 2.45) is 0 Å². The molecular formula is C12H15ClN2O4S. The number of rotatable bonds is 6. The standard InChI is InChI=1S/C12H15ClN2O4S/c1-8(12(18-2)19-3)15-20(16,17)11-5-4-9(7-14)6-10(11)13/h4-6,8,12,15H,1-3H3. The number of sulfonamides is 1. The molecule has 1 N–H and O–H groups in total. The molecule has 0 bridgehead atoms. The Hall–Kier alpha value is -1.17. The lowest BCUT2D eigenvalue weighted by molar-refractivity contribution is -0.115. The van der Waals surface area contributed by atoms with Gasteiger partial charge in [-0.1, -0.05) is 11.6 Å². The van der Waals surface area contributed by atoms with Crippen LogP contribution in [0.3, 0.4) is 0 Å². The smallest absolute Gasteiger partial charge is 0.242 e. The third kappa shape index (κ3) is 3.91. The Bertz CT molecular complexity index is 608. The second kappa shape index (κ2) is 7.02. The van der Waals surface area contributed by atoms with Crippen LogP contribution in [0.4, 0.5) is 0 Å². The molecule has 20 heavy (non-hydrogen) atoms. The lowest BCUT2D eigenvalue weighted by Gasteiger charge is -2.22. The van der Waals surface area contributed by atoms with E-state index in [0.717, 1.165) is 0 Å². The zero-order valence-corrected chi connectivity index (χ0v) is 12.8. The van der Waals surface area contributed by atoms with E-state index in [4.69, 9.17) is 26.3 Å². The lowest BCUT2D eigenvalue weighted by Crippen LogP contribution is -2.42. The molecule has 1 rings (SSSR count). The molecule has 0 saturated carbocycles. The Morgan fingerprint density at radius 3 is 2.40 bits per heavy atom. The molecule has 1 atom stereocenters. The summed E-state index contributed by atoms with van der Waals surface area (Å²) in [5.74, 6) is 0. The minimum Gasteiger partial charge on any atom is -0.354 e. The molecule has 0 saturated heterocycles. The van der Waals surface area contributed by atoms with Gasteiger partial charge in [0.1, 0.15) is 4.90 Å². The highest BCUT2D eigenvalue weighted by atomic mass is 35.5. The van der Waals surface area contributed by atoms with E-state index in [1.165, 1.54) is 32.4 Å². The van der Waals surface area contributed by atoms with E-state index in [-0.39, 0.29) is 15.5 Å². The van der Waals surface area contributed by atoms with Crippen LogP contribution in [0, 0.1) is 11.3 Å². The van der Waals surface area contributed by atoms with Gasteiger partial charge in [-0.3, -0.25) is 0 Å². The van der Waals surface area contributed by atoms with Gasteiger partial charge in [0.15, 0.2) is 6.29 Å². The Kier molecular flexibility index (Phi) is 5.92. The number of nitrogens with one attached hydrogen (secondary N) is 1. The zero-order chi connectivity index (χ0) is 15.3. The van der Waals surface area contributed by atoms with E-state index in [1.54, 1.807) is 6.92 Å². The van der Waals surface area contributed by atoms with Crippen molar-refractivity contribution in [3.05, 3.63) is 28.8 Å². The molecule has 0 aliphatic rings. The van der Waals surface area contributed by atoms with Crippen LogP contribution in [-0.2, 0) is 19.5 Å². The predicted octanol–water partition coefficient (Wildman–Crippen LogP) is 1.50. The number of hydrogen-bond acceptors (Lipinski definition) is 5. The number of benzene rings is 1. The molecule has 0 aliphatic carbocycles. The summed E-state index contributed by atoms with van der Waals surface area (Å²) >= 11 is 5.89. The summed E-state index contributed by atoms with van der Waals surface area (Å²) in [5.41, 5.74) is 0.286. The van der Waals surface area contributed by atoms with Crippen molar-refractivity contribution < 1.29 is 17.9 Å². The van der Waals surface area contributed by atoms with Crippen LogP contribution in [0.25, 0.3) is 0 Å². The largest absolute Gasteiger partial charge is 0.354 e. The first-order valence-electron chi connectivity index (χ1n) is 5.63. The first-order chi connectivity index (χ1) is 9.35. The van der Waals surface area contributed by atoms with Crippen LogP contribution in [0.5, 0.6) is 0 Å². The molecule has 8 heteroatoms. The van der Waals surface area contributed by atoms with Gasteiger partial charge in [0.25, 0.3) is 0 Å². The highest BCUT2D eigenvalue weighted by molar-refractivity contribution is 7.89. The second-order valence-electron chi connectivity index (χ2n) is 4.01. The molecule has 0 fully saturated rings. The Balaban J connectivity index is 3.03. The van der Waals surface area contributed by atoms with Crippen molar-refractivity contribution in [2.75, 3.05) is 14.2 Å². The monoisotopic (exact) mass is 318 g/mol. The number of nitriles is 1. The Labute approximate surface area is 123 Å². The number of ether oxygens (including phenoxy) is 2. The van der Waals surface area contributed by atoms with Crippen LogP contribution in [0.15, 0.2) is 23.1 Å². The van der Waals surface area contributed by atoms with Gasteiger partial charge in [0, 0.05) is 14.2 Å². The fourth-order valence-corrected chi connectivity index (χ4v) is 3.43. The molecule has 6 nitrogen and oxygen atoms in total. The number of hydrogen-bond donors (Lipinski definition) is 1. The molecule has 0 aliphatic heterocycles. The van der Waals surface area contributed by atoms with E-state index in [9.17, 15) is 8.42 Å². The highest BCUT2D eigenvalue weighted by Gasteiger charge is 2.25. The van der Waals surface area contributed by atoms with Crippen molar-refractivity contribution in [1.82, 2.24) is 4.72 Å². The van der Waals surface area contributed by atoms with Gasteiger partial charge >= 0.3 is 0 Å². The highest BCUT2D eigenvalue weighted by Crippen LogP contribution is 2.22. The second-order valence-corrected chi connectivity index (χ2v) is 6.10. The van der Waals surface area contributed by atoms with Crippen molar-refractivity contribution in [3.63, 3.8) is 0 Å². The zero-order valence-electron chi connectivity index (χ0n) is 11.3. The molecule has 1 aromatic carbocycles. The number of methoxy groups -OCH3 is 2. The van der Waals surface area contributed by atoms with Gasteiger partial charge in [0.2, 0.25) is 10.0 Å². The van der Waals surface area contributed by atoms with Crippen LogP contribution < -0.4 is 4.72 Å². The van der Waals surface area contributed by atoms with Gasteiger partial charge in [-0.2, -0.15) is 5.26 Å². The number of halogens is 1. The van der Waals surface area contributed by atoms with Gasteiger partial charge in [-0.25, -0.2) is 13.1 Å². The topological polar surface area (TPSA) is 88.4 Å². The first kappa shape index (κ1) is 16.9. The number of nitrogens with zero attached hydrogens (tertiary/aromatic N) is 1. The predicted molar refractivity (Wildman–Crippen MR) is 73.8 cm³/mol. The molecule has 0 spiro atoms. The van der Waals surface area contributed by atoms with E-state index < -0.39 is 22.4 Å². The summed E-state index contributed by atoms with van der Waals surface area (Å²) < 4.78 is 36.8. The fourth-order valence-electron chi connectivity index (χ4n) is 1.66. The van der Waals surface area contributed by atoms with Gasteiger partial charge in [0.05, 0.1) is 22.7 Å². The van der Waals surface area contributed by atoms with Crippen LogP contribution in [0.2, 0.25) is 5.02 Å². The van der Waals surface area contributed by atoms with Crippen molar-refractivity contribution >= 4 is 21.6 Å². The van der Waals surface area contributed by atoms with Crippen molar-refractivity contribution in [2.45, 2.75) is 24.2 Å². The molecular weight excluding hydrogens is 304 g/mol. The third-order valence-electron chi connectivity index (χ3n) is 2.56. The minimum absolute atomic E-state index is 0.0184. The molecule has 0 heterocycles. The van der Waals surface area contributed by atoms with E-state index in [1.807, 2.05) is 6.07 Å². The first-order valence-corrected chi connectivity index (χ1v) is 7.49. The SMILES string of the molecule is COC(OC)C(C)NS(=O)(=O)c1ccc(C#N)cc1Cl. The van der Waals surface area contributed by atoms with Crippen molar-refractivity contribution in [1.29, 1.82) is 5.26 Å². The maximum Gasteiger partial charge on any atom is 0.242 e. The maximum atomic E-state index is 12.2. The Morgan fingerprint density at radius 1 is 1.35 bits per heavy atom. The van der Waals surface area contributed by atoms with Crippen LogP contribution >= 0.6 is 11.6 Å². The van der Waals surface area contributed by atoms with Gasteiger partial charge < -0.3 is 9.47 Å². The van der Waals surface area contributed by atoms with Crippen molar-refractivity contribution in [3.8, 4) is 6.07 Å². The molecule has 0 radical (unpaired) electrons. The molecule has 0 amide bonds. The quantitative estimate of drug-likeness (QED) is 0.803. The third-order valence-corrected chi connectivity index (χ3v) is 4.61. The van der Waals surface area contributed by atoms with Crippen LogP contribution in [-0.4, -0.2) is 35.0 Å². The molecule has 1 aromatic rings.